The van der Waals surface area contributed by atoms with E-state index in [9.17, 15) is 4.39 Å². The van der Waals surface area contributed by atoms with Gasteiger partial charge in [0.25, 0.3) is 0 Å². The number of para-hydroxylation sites is 1. The number of nitrogens with zero attached hydrogens (tertiary/aromatic N) is 2. The van der Waals surface area contributed by atoms with Gasteiger partial charge in [0.15, 0.2) is 0 Å². The van der Waals surface area contributed by atoms with Crippen molar-refractivity contribution < 1.29 is 9.13 Å². The lowest BCUT2D eigenvalue weighted by Crippen LogP contribution is -2.05. The third-order valence-electron chi connectivity index (χ3n) is 4.36. The molecular weight excluding hydrogens is 305 g/mol. The number of fused-ring (bicyclic) bond motifs is 1. The molecule has 0 saturated carbocycles. The highest BCUT2D eigenvalue weighted by Gasteiger charge is 2.23. The van der Waals surface area contributed by atoms with E-state index < -0.39 is 0 Å². The number of methoxy groups -OCH3 is 1. The summed E-state index contributed by atoms with van der Waals surface area (Å²) in [5, 5.41) is 8.17. The lowest BCUT2D eigenvalue weighted by atomic mass is 10.0. The van der Waals surface area contributed by atoms with Crippen LogP contribution in [0.1, 0.15) is 16.8 Å². The van der Waals surface area contributed by atoms with Crippen molar-refractivity contribution in [1.29, 1.82) is 0 Å². The van der Waals surface area contributed by atoms with Crippen molar-refractivity contribution in [2.75, 3.05) is 19.0 Å². The Morgan fingerprint density at radius 1 is 1.17 bits per heavy atom. The largest absolute Gasteiger partial charge is 0.496 e. The van der Waals surface area contributed by atoms with Gasteiger partial charge < -0.3 is 10.1 Å². The van der Waals surface area contributed by atoms with Gasteiger partial charge in [-0.25, -0.2) is 9.07 Å². The summed E-state index contributed by atoms with van der Waals surface area (Å²) in [6, 6.07) is 14.4. The molecule has 2 heterocycles. The molecule has 4 rings (SSSR count). The predicted molar refractivity (Wildman–Crippen MR) is 91.5 cm³/mol. The molecule has 3 aromatic rings. The van der Waals surface area contributed by atoms with E-state index in [-0.39, 0.29) is 5.82 Å². The predicted octanol–water partition coefficient (Wildman–Crippen LogP) is 3.58. The Kier molecular flexibility index (Phi) is 3.69. The lowest BCUT2D eigenvalue weighted by molar-refractivity contribution is 0.410. The third kappa shape index (κ3) is 2.52. The highest BCUT2D eigenvalue weighted by atomic mass is 19.1. The zero-order valence-electron chi connectivity index (χ0n) is 13.4. The Morgan fingerprint density at radius 2 is 1.96 bits per heavy atom. The zero-order chi connectivity index (χ0) is 16.5. The Morgan fingerprint density at radius 3 is 2.75 bits per heavy atom. The number of nitrogens with one attached hydrogen (secondary N) is 1. The fourth-order valence-corrected chi connectivity index (χ4v) is 3.19. The Balaban J connectivity index is 1.75. The smallest absolute Gasteiger partial charge is 0.133 e. The van der Waals surface area contributed by atoms with Gasteiger partial charge in [-0.3, -0.25) is 0 Å². The molecule has 0 amide bonds. The molecule has 1 aliphatic rings. The maximum Gasteiger partial charge on any atom is 0.133 e. The van der Waals surface area contributed by atoms with Gasteiger partial charge in [0.2, 0.25) is 0 Å². The molecule has 0 aliphatic carbocycles. The fourth-order valence-electron chi connectivity index (χ4n) is 3.19. The molecule has 0 bridgehead atoms. The van der Waals surface area contributed by atoms with Crippen LogP contribution in [0.25, 0.3) is 5.69 Å². The quantitative estimate of drug-likeness (QED) is 0.798. The molecule has 0 unspecified atom stereocenters. The van der Waals surface area contributed by atoms with E-state index in [0.29, 0.717) is 6.42 Å². The van der Waals surface area contributed by atoms with E-state index in [4.69, 9.17) is 9.84 Å². The number of ether oxygens (including phenoxy) is 1. The molecule has 5 heteroatoms. The van der Waals surface area contributed by atoms with Crippen molar-refractivity contribution in [1.82, 2.24) is 9.78 Å². The molecule has 1 N–H and O–H groups in total. The molecular formula is C19H18FN3O. The molecule has 24 heavy (non-hydrogen) atoms. The summed E-state index contributed by atoms with van der Waals surface area (Å²) in [6.45, 7) is 0.896. The second-order valence-corrected chi connectivity index (χ2v) is 5.83. The van der Waals surface area contributed by atoms with Crippen molar-refractivity contribution in [2.45, 2.75) is 12.8 Å². The van der Waals surface area contributed by atoms with Gasteiger partial charge in [0.05, 0.1) is 18.5 Å². The molecule has 0 atom stereocenters. The summed E-state index contributed by atoms with van der Waals surface area (Å²) >= 11 is 0. The van der Waals surface area contributed by atoms with Gasteiger partial charge in [-0.2, -0.15) is 5.10 Å². The molecule has 0 spiro atoms. The van der Waals surface area contributed by atoms with Crippen LogP contribution in [0.15, 0.2) is 48.5 Å². The Labute approximate surface area is 139 Å². The number of rotatable bonds is 4. The van der Waals surface area contributed by atoms with Gasteiger partial charge in [0.1, 0.15) is 17.4 Å². The first-order valence-corrected chi connectivity index (χ1v) is 7.99. The number of hydrogen-bond acceptors (Lipinski definition) is 3. The highest BCUT2D eigenvalue weighted by molar-refractivity contribution is 5.58. The number of halogens is 1. The number of hydrogen-bond donors (Lipinski definition) is 1. The van der Waals surface area contributed by atoms with Crippen LogP contribution in [0, 0.1) is 5.82 Å². The van der Waals surface area contributed by atoms with Crippen molar-refractivity contribution in [3.63, 3.8) is 0 Å². The van der Waals surface area contributed by atoms with Crippen molar-refractivity contribution in [3.05, 3.63) is 71.2 Å². The summed E-state index contributed by atoms with van der Waals surface area (Å²) in [5.41, 5.74) is 4.22. The van der Waals surface area contributed by atoms with Gasteiger partial charge in [-0.15, -0.1) is 0 Å². The summed E-state index contributed by atoms with van der Waals surface area (Å²) < 4.78 is 20.5. The van der Waals surface area contributed by atoms with Gasteiger partial charge in [0, 0.05) is 24.1 Å². The van der Waals surface area contributed by atoms with E-state index in [1.807, 2.05) is 22.9 Å². The summed E-state index contributed by atoms with van der Waals surface area (Å²) in [4.78, 5) is 0. The van der Waals surface area contributed by atoms with E-state index >= 15 is 0 Å². The normalized spacial score (nSPS) is 12.8. The first-order chi connectivity index (χ1) is 11.8. The van der Waals surface area contributed by atoms with Crippen LogP contribution < -0.4 is 10.1 Å². The van der Waals surface area contributed by atoms with Crippen LogP contribution in [-0.2, 0) is 12.8 Å². The van der Waals surface area contributed by atoms with Gasteiger partial charge >= 0.3 is 0 Å². The third-order valence-corrected chi connectivity index (χ3v) is 4.36. The van der Waals surface area contributed by atoms with E-state index in [0.717, 1.165) is 41.5 Å². The monoisotopic (exact) mass is 323 g/mol. The van der Waals surface area contributed by atoms with E-state index in [2.05, 4.69) is 11.4 Å². The SMILES string of the molecule is COc1ccccc1Cc1nn(-c2ccc(F)cc2)c2c1CCN2. The Hall–Kier alpha value is -2.82. The van der Waals surface area contributed by atoms with Crippen LogP contribution in [0.3, 0.4) is 0 Å². The average molecular weight is 323 g/mol. The van der Waals surface area contributed by atoms with Crippen LogP contribution in [0.2, 0.25) is 0 Å². The molecule has 0 fully saturated rings. The topological polar surface area (TPSA) is 39.1 Å². The van der Waals surface area contributed by atoms with E-state index in [1.165, 1.54) is 17.7 Å². The molecule has 122 valence electrons. The minimum absolute atomic E-state index is 0.246. The Bertz CT molecular complexity index is 871. The number of anilines is 1. The van der Waals surface area contributed by atoms with Gasteiger partial charge in [-0.05, 0) is 36.8 Å². The first-order valence-electron chi connectivity index (χ1n) is 7.99. The minimum atomic E-state index is -0.246. The molecule has 4 nitrogen and oxygen atoms in total. The summed E-state index contributed by atoms with van der Waals surface area (Å²) in [5.74, 6) is 1.63. The first kappa shape index (κ1) is 14.8. The molecule has 1 aliphatic heterocycles. The van der Waals surface area contributed by atoms with Crippen LogP contribution in [-0.4, -0.2) is 23.4 Å². The minimum Gasteiger partial charge on any atom is -0.496 e. The maximum atomic E-state index is 13.2. The number of benzene rings is 2. The van der Waals surface area contributed by atoms with Gasteiger partial charge in [-0.1, -0.05) is 18.2 Å². The van der Waals surface area contributed by atoms with Crippen molar-refractivity contribution in [2.24, 2.45) is 0 Å². The second-order valence-electron chi connectivity index (χ2n) is 5.83. The van der Waals surface area contributed by atoms with Crippen molar-refractivity contribution in [3.8, 4) is 11.4 Å². The van der Waals surface area contributed by atoms with Crippen LogP contribution in [0.4, 0.5) is 10.2 Å². The summed E-state index contributed by atoms with van der Waals surface area (Å²) in [7, 11) is 1.68. The van der Waals surface area contributed by atoms with Crippen LogP contribution in [0.5, 0.6) is 5.75 Å². The van der Waals surface area contributed by atoms with E-state index in [1.54, 1.807) is 19.2 Å². The standard InChI is InChI=1S/C19H18FN3O/c1-24-18-5-3-2-4-13(18)12-17-16-10-11-21-19(16)23(22-17)15-8-6-14(20)7-9-15/h2-9,21H,10-12H2,1H3. The lowest BCUT2D eigenvalue weighted by Gasteiger charge is -2.07. The maximum absolute atomic E-state index is 13.2. The highest BCUT2D eigenvalue weighted by Crippen LogP contribution is 2.31. The molecule has 0 radical (unpaired) electrons. The number of aromatic nitrogens is 2. The second kappa shape index (κ2) is 6.00. The average Bonchev–Trinajstić information content (AvgIpc) is 3.20. The molecule has 0 saturated heterocycles. The summed E-state index contributed by atoms with van der Waals surface area (Å²) in [6.07, 6.45) is 1.66. The fraction of sp³-hybridized carbons (Fsp3) is 0.211. The van der Waals surface area contributed by atoms with Crippen LogP contribution >= 0.6 is 0 Å². The zero-order valence-corrected chi connectivity index (χ0v) is 13.4. The molecule has 2 aromatic carbocycles. The molecule has 1 aromatic heterocycles. The van der Waals surface area contributed by atoms with Crippen molar-refractivity contribution >= 4 is 5.82 Å².